The molecule has 0 radical (unpaired) electrons. The number of aromatic carboxylic acids is 1. The van der Waals surface area contributed by atoms with E-state index in [1.165, 1.54) is 37.1 Å². The zero-order valence-corrected chi connectivity index (χ0v) is 15.9. The van der Waals surface area contributed by atoms with Crippen molar-refractivity contribution in [2.75, 3.05) is 14.2 Å². The van der Waals surface area contributed by atoms with Crippen LogP contribution in [0.15, 0.2) is 41.2 Å². The van der Waals surface area contributed by atoms with Crippen LogP contribution in [-0.4, -0.2) is 30.0 Å². The minimum absolute atomic E-state index is 0.0400. The Labute approximate surface area is 164 Å². The lowest BCUT2D eigenvalue weighted by atomic mass is 10.1. The minimum atomic E-state index is -1.33. The smallest absolute Gasteiger partial charge is 0.279 e. The number of aromatic amines is 1. The Morgan fingerprint density at radius 2 is 2.00 bits per heavy atom. The Morgan fingerprint density at radius 3 is 2.64 bits per heavy atom. The maximum atomic E-state index is 12.8. The summed E-state index contributed by atoms with van der Waals surface area (Å²) in [5, 5.41) is 14.9. The highest BCUT2D eigenvalue weighted by atomic mass is 35.5. The number of methoxy groups -OCH3 is 2. The number of ether oxygens (including phenoxy) is 2. The van der Waals surface area contributed by atoms with Gasteiger partial charge in [0.15, 0.2) is 11.5 Å². The molecule has 0 aliphatic carbocycles. The second-order valence-corrected chi connectivity index (χ2v) is 6.27. The van der Waals surface area contributed by atoms with Gasteiger partial charge in [-0.05, 0) is 41.5 Å². The van der Waals surface area contributed by atoms with Crippen molar-refractivity contribution in [2.45, 2.75) is 0 Å². The van der Waals surface area contributed by atoms with E-state index in [1.54, 1.807) is 24.3 Å². The number of aromatic nitrogens is 2. The van der Waals surface area contributed by atoms with Crippen molar-refractivity contribution in [2.24, 2.45) is 0 Å². The van der Waals surface area contributed by atoms with Crippen molar-refractivity contribution in [3.05, 3.63) is 73.5 Å². The minimum Gasteiger partial charge on any atom is -0.545 e. The number of hydrogen-bond donors (Lipinski definition) is 1. The molecule has 0 bridgehead atoms. The molecule has 0 fully saturated rings. The highest BCUT2D eigenvalue weighted by molar-refractivity contribution is 6.32. The lowest BCUT2D eigenvalue weighted by molar-refractivity contribution is -0.255. The van der Waals surface area contributed by atoms with Gasteiger partial charge in [0.25, 0.3) is 5.56 Å². The maximum Gasteiger partial charge on any atom is 0.279 e. The quantitative estimate of drug-likeness (QED) is 0.671. The summed E-state index contributed by atoms with van der Waals surface area (Å²) in [5.74, 6) is -0.519. The number of H-pyrrole nitrogens is 1. The number of nitrogens with zero attached hydrogens (tertiary/aromatic N) is 1. The van der Waals surface area contributed by atoms with Crippen molar-refractivity contribution < 1.29 is 19.4 Å². The van der Waals surface area contributed by atoms with Gasteiger partial charge in [-0.15, -0.1) is 0 Å². The predicted molar refractivity (Wildman–Crippen MR) is 104 cm³/mol. The van der Waals surface area contributed by atoms with E-state index < -0.39 is 11.5 Å². The lowest BCUT2D eigenvalue weighted by Crippen LogP contribution is -2.34. The summed E-state index contributed by atoms with van der Waals surface area (Å²) in [7, 11) is 2.96. The van der Waals surface area contributed by atoms with Gasteiger partial charge in [0.2, 0.25) is 0 Å². The largest absolute Gasteiger partial charge is 0.545 e. The van der Waals surface area contributed by atoms with E-state index in [9.17, 15) is 14.7 Å². The van der Waals surface area contributed by atoms with E-state index in [0.29, 0.717) is 38.3 Å². The molecular formula is C20H16ClN2O5-. The number of benzene rings is 2. The summed E-state index contributed by atoms with van der Waals surface area (Å²) in [6, 6.07) is 9.16. The van der Waals surface area contributed by atoms with Gasteiger partial charge in [-0.1, -0.05) is 30.3 Å². The first-order valence-corrected chi connectivity index (χ1v) is 8.48. The summed E-state index contributed by atoms with van der Waals surface area (Å²) in [5.41, 5.74) is 0.522. The molecule has 1 heterocycles. The summed E-state index contributed by atoms with van der Waals surface area (Å²) in [4.78, 5) is 23.9. The van der Waals surface area contributed by atoms with Gasteiger partial charge >= 0.3 is 0 Å². The summed E-state index contributed by atoms with van der Waals surface area (Å²) >= 11 is 6.21. The van der Waals surface area contributed by atoms with E-state index in [-0.39, 0.29) is 5.56 Å². The zero-order chi connectivity index (χ0) is 20.4. The number of halogens is 1. The van der Waals surface area contributed by atoms with Crippen molar-refractivity contribution in [3.63, 3.8) is 0 Å². The van der Waals surface area contributed by atoms with Crippen LogP contribution in [0.2, 0.25) is 5.02 Å². The zero-order valence-electron chi connectivity index (χ0n) is 15.1. The number of carbonyl (C=O) groups is 1. The Balaban J connectivity index is 2.17. The van der Waals surface area contributed by atoms with Crippen molar-refractivity contribution in [1.29, 1.82) is 0 Å². The van der Waals surface area contributed by atoms with Gasteiger partial charge in [-0.2, -0.15) is 0 Å². The van der Waals surface area contributed by atoms with Crippen LogP contribution >= 0.6 is 11.6 Å². The van der Waals surface area contributed by atoms with Crippen LogP contribution in [0.5, 0.6) is 11.5 Å². The van der Waals surface area contributed by atoms with Gasteiger partial charge < -0.3 is 19.4 Å². The van der Waals surface area contributed by atoms with E-state index in [4.69, 9.17) is 21.1 Å². The Bertz CT molecular complexity index is 1230. The van der Waals surface area contributed by atoms with E-state index >= 15 is 0 Å². The van der Waals surface area contributed by atoms with Gasteiger partial charge in [0, 0.05) is 0 Å². The third kappa shape index (κ3) is 3.52. The fourth-order valence-corrected chi connectivity index (χ4v) is 3.08. The molecule has 7 nitrogen and oxygen atoms in total. The van der Waals surface area contributed by atoms with E-state index in [1.807, 2.05) is 0 Å². The monoisotopic (exact) mass is 399 g/mol. The van der Waals surface area contributed by atoms with Crippen LogP contribution in [0.25, 0.3) is 18.3 Å². The highest BCUT2D eigenvalue weighted by Crippen LogP contribution is 2.36. The summed E-state index contributed by atoms with van der Waals surface area (Å²) < 4.78 is 11.7. The number of nitrogens with one attached hydrogen (secondary N) is 1. The predicted octanol–water partition coefficient (Wildman–Crippen LogP) is 0.439. The first-order valence-electron chi connectivity index (χ1n) is 8.10. The van der Waals surface area contributed by atoms with Gasteiger partial charge in [0.05, 0.1) is 41.5 Å². The van der Waals surface area contributed by atoms with Crippen molar-refractivity contribution in [3.8, 4) is 17.2 Å². The van der Waals surface area contributed by atoms with Gasteiger partial charge in [-0.3, -0.25) is 9.89 Å². The van der Waals surface area contributed by atoms with Crippen LogP contribution in [0.1, 0.15) is 15.9 Å². The number of carboxylic acids is 1. The number of carbonyl (C=O) groups excluding carboxylic acids is 1. The molecule has 2 aromatic carbocycles. The molecule has 1 aromatic heterocycles. The Morgan fingerprint density at radius 1 is 1.25 bits per heavy atom. The first kappa shape index (κ1) is 19.3. The van der Waals surface area contributed by atoms with Crippen LogP contribution in [0.3, 0.4) is 0 Å². The standard InChI is InChI=1S/C20H17ClN2O5/c1-11-15(7-12-8-16(21)18(28-3)17(9-12)27-2)19(24)23(22-11)14-6-4-5-13(10-14)20(25)26/h4-10,22H,1H2,2-3H3,(H,25,26)/p-1/b15-7+. The molecule has 0 unspecified atom stereocenters. The fourth-order valence-electron chi connectivity index (χ4n) is 2.79. The fraction of sp³-hybridized carbons (Fsp3) is 0.100. The van der Waals surface area contributed by atoms with Crippen molar-refractivity contribution in [1.82, 2.24) is 9.78 Å². The molecule has 1 N–H and O–H groups in total. The molecule has 0 saturated carbocycles. The number of carboxylic acid groups (broad SMARTS) is 1. The summed E-state index contributed by atoms with van der Waals surface area (Å²) in [6.07, 6.45) is 1.61. The highest BCUT2D eigenvalue weighted by Gasteiger charge is 2.11. The van der Waals surface area contributed by atoms with Crippen molar-refractivity contribution >= 4 is 30.2 Å². The summed E-state index contributed by atoms with van der Waals surface area (Å²) in [6.45, 7) is 3.85. The molecule has 0 spiro atoms. The molecular weight excluding hydrogens is 384 g/mol. The molecule has 0 amide bonds. The number of hydrogen-bond acceptors (Lipinski definition) is 5. The second-order valence-electron chi connectivity index (χ2n) is 5.86. The molecule has 0 atom stereocenters. The van der Waals surface area contributed by atoms with Crippen LogP contribution in [-0.2, 0) is 0 Å². The Kier molecular flexibility index (Phi) is 5.28. The normalized spacial score (nSPS) is 11.5. The van der Waals surface area contributed by atoms with Crippen LogP contribution < -0.4 is 30.7 Å². The molecule has 0 saturated heterocycles. The maximum absolute atomic E-state index is 12.8. The SMILES string of the molecule is C=c1[nH]n(-c2cccc(C(=O)[O-])c2)c(=O)/c1=C/c1cc(Cl)c(OC)c(OC)c1. The van der Waals surface area contributed by atoms with Crippen LogP contribution in [0, 0.1) is 0 Å². The van der Waals surface area contributed by atoms with Gasteiger partial charge in [0.1, 0.15) is 0 Å². The third-order valence-corrected chi connectivity index (χ3v) is 4.39. The number of rotatable bonds is 5. The first-order chi connectivity index (χ1) is 13.3. The molecule has 3 aromatic rings. The Hall–Kier alpha value is -3.45. The molecule has 144 valence electrons. The molecule has 28 heavy (non-hydrogen) atoms. The molecule has 0 aliphatic rings. The molecule has 3 rings (SSSR count). The molecule has 8 heteroatoms. The third-order valence-electron chi connectivity index (χ3n) is 4.11. The topological polar surface area (TPSA) is 96.4 Å². The lowest BCUT2D eigenvalue weighted by Gasteiger charge is -2.09. The average Bonchev–Trinajstić information content (AvgIpc) is 2.95. The second kappa shape index (κ2) is 7.66. The van der Waals surface area contributed by atoms with E-state index in [0.717, 1.165) is 0 Å². The van der Waals surface area contributed by atoms with E-state index in [2.05, 4.69) is 11.7 Å². The van der Waals surface area contributed by atoms with Gasteiger partial charge in [-0.25, -0.2) is 4.68 Å². The average molecular weight is 400 g/mol. The van der Waals surface area contributed by atoms with Crippen LogP contribution in [0.4, 0.5) is 0 Å². The molecule has 0 aliphatic heterocycles.